The van der Waals surface area contributed by atoms with Gasteiger partial charge in [-0.05, 0) is 56.2 Å². The summed E-state index contributed by atoms with van der Waals surface area (Å²) in [5.74, 6) is -0.337. The standard InChI is InChI=1S/C23H28N2O3S/c1-16-8-10-17(11-9-16)12-13-20(26)25-23-21(22(27)24-14-5-15-28-2)18-6-3-4-7-19(18)29-23/h8-13H,3-7,14-15H2,1-2H3,(H,24,27)(H,25,26). The maximum atomic E-state index is 12.8. The van der Waals surface area contributed by atoms with E-state index in [1.165, 1.54) is 27.9 Å². The molecule has 154 valence electrons. The van der Waals surface area contributed by atoms with E-state index >= 15 is 0 Å². The fourth-order valence-electron chi connectivity index (χ4n) is 3.40. The molecule has 1 aliphatic rings. The molecular weight excluding hydrogens is 384 g/mol. The number of fused-ring (bicyclic) bond motifs is 1. The minimum absolute atomic E-state index is 0.113. The fraction of sp³-hybridized carbons (Fsp3) is 0.391. The van der Waals surface area contributed by atoms with E-state index in [1.54, 1.807) is 13.2 Å². The average Bonchev–Trinajstić information content (AvgIpc) is 3.08. The number of hydrogen-bond donors (Lipinski definition) is 2. The molecule has 5 nitrogen and oxygen atoms in total. The first-order valence-corrected chi connectivity index (χ1v) is 10.9. The first-order valence-electron chi connectivity index (χ1n) is 10.1. The second-order valence-corrected chi connectivity index (χ2v) is 8.36. The quantitative estimate of drug-likeness (QED) is 0.500. The number of hydrogen-bond acceptors (Lipinski definition) is 4. The first-order chi connectivity index (χ1) is 14.1. The van der Waals surface area contributed by atoms with Crippen molar-refractivity contribution in [1.82, 2.24) is 5.32 Å². The lowest BCUT2D eigenvalue weighted by atomic mass is 9.95. The van der Waals surface area contributed by atoms with E-state index in [-0.39, 0.29) is 11.8 Å². The third kappa shape index (κ3) is 5.78. The van der Waals surface area contributed by atoms with Crippen molar-refractivity contribution in [3.63, 3.8) is 0 Å². The highest BCUT2D eigenvalue weighted by Gasteiger charge is 2.25. The van der Waals surface area contributed by atoms with Crippen LogP contribution in [0, 0.1) is 6.92 Å². The van der Waals surface area contributed by atoms with Gasteiger partial charge in [-0.3, -0.25) is 9.59 Å². The Morgan fingerprint density at radius 2 is 1.93 bits per heavy atom. The molecule has 0 spiro atoms. The van der Waals surface area contributed by atoms with Gasteiger partial charge in [-0.15, -0.1) is 11.3 Å². The minimum atomic E-state index is -0.224. The Morgan fingerprint density at radius 3 is 2.69 bits per heavy atom. The molecular formula is C23H28N2O3S. The van der Waals surface area contributed by atoms with Crippen molar-refractivity contribution in [3.8, 4) is 0 Å². The second kappa shape index (κ2) is 10.4. The van der Waals surface area contributed by atoms with E-state index in [9.17, 15) is 9.59 Å². The molecule has 29 heavy (non-hydrogen) atoms. The molecule has 1 aromatic heterocycles. The van der Waals surface area contributed by atoms with Gasteiger partial charge in [0.25, 0.3) is 5.91 Å². The molecule has 3 rings (SSSR count). The zero-order chi connectivity index (χ0) is 20.6. The molecule has 0 atom stereocenters. The van der Waals surface area contributed by atoms with Crippen molar-refractivity contribution in [1.29, 1.82) is 0 Å². The van der Waals surface area contributed by atoms with E-state index in [2.05, 4.69) is 10.6 Å². The number of ether oxygens (including phenoxy) is 1. The van der Waals surface area contributed by atoms with E-state index in [1.807, 2.05) is 31.2 Å². The topological polar surface area (TPSA) is 67.4 Å². The zero-order valence-corrected chi connectivity index (χ0v) is 17.9. The Balaban J connectivity index is 1.73. The van der Waals surface area contributed by atoms with Crippen molar-refractivity contribution in [2.24, 2.45) is 0 Å². The Hall–Kier alpha value is -2.44. The Bertz CT molecular complexity index is 884. The van der Waals surface area contributed by atoms with Crippen LogP contribution in [0.1, 0.15) is 51.2 Å². The van der Waals surface area contributed by atoms with Gasteiger partial charge in [0.1, 0.15) is 5.00 Å². The van der Waals surface area contributed by atoms with Gasteiger partial charge in [-0.1, -0.05) is 29.8 Å². The highest BCUT2D eigenvalue weighted by molar-refractivity contribution is 7.17. The second-order valence-electron chi connectivity index (χ2n) is 7.25. The van der Waals surface area contributed by atoms with E-state index in [0.29, 0.717) is 23.7 Å². The third-order valence-electron chi connectivity index (χ3n) is 4.95. The summed E-state index contributed by atoms with van der Waals surface area (Å²) in [6.45, 7) is 3.19. The van der Waals surface area contributed by atoms with Crippen LogP contribution in [-0.4, -0.2) is 32.1 Å². The van der Waals surface area contributed by atoms with Crippen LogP contribution >= 0.6 is 11.3 Å². The lowest BCUT2D eigenvalue weighted by molar-refractivity contribution is -0.111. The van der Waals surface area contributed by atoms with Crippen LogP contribution in [0.15, 0.2) is 30.3 Å². The maximum absolute atomic E-state index is 12.8. The molecule has 1 heterocycles. The van der Waals surface area contributed by atoms with E-state index in [4.69, 9.17) is 4.74 Å². The summed E-state index contributed by atoms with van der Waals surface area (Å²) < 4.78 is 5.04. The monoisotopic (exact) mass is 412 g/mol. The van der Waals surface area contributed by atoms with Crippen molar-refractivity contribution in [2.75, 3.05) is 25.6 Å². The van der Waals surface area contributed by atoms with Crippen LogP contribution in [0.3, 0.4) is 0 Å². The molecule has 2 aromatic rings. The number of benzene rings is 1. The number of rotatable bonds is 8. The molecule has 0 bridgehead atoms. The van der Waals surface area contributed by atoms with Gasteiger partial charge in [-0.25, -0.2) is 0 Å². The summed E-state index contributed by atoms with van der Waals surface area (Å²) >= 11 is 1.53. The highest BCUT2D eigenvalue weighted by Crippen LogP contribution is 2.38. The summed E-state index contributed by atoms with van der Waals surface area (Å²) in [4.78, 5) is 26.6. The fourth-order valence-corrected chi connectivity index (χ4v) is 4.69. The van der Waals surface area contributed by atoms with Crippen molar-refractivity contribution in [3.05, 3.63) is 57.5 Å². The van der Waals surface area contributed by atoms with Crippen molar-refractivity contribution >= 4 is 34.2 Å². The number of carbonyl (C=O) groups excluding carboxylic acids is 2. The SMILES string of the molecule is COCCCNC(=O)c1c(NC(=O)C=Cc2ccc(C)cc2)sc2c1CCCC2. The van der Waals surface area contributed by atoms with Gasteiger partial charge in [0.05, 0.1) is 5.56 Å². The van der Waals surface area contributed by atoms with Crippen LogP contribution in [0.5, 0.6) is 0 Å². The smallest absolute Gasteiger partial charge is 0.254 e. The zero-order valence-electron chi connectivity index (χ0n) is 17.0. The van der Waals surface area contributed by atoms with Crippen LogP contribution in [0.25, 0.3) is 6.08 Å². The van der Waals surface area contributed by atoms with Gasteiger partial charge >= 0.3 is 0 Å². The number of amides is 2. The molecule has 0 saturated heterocycles. The molecule has 2 amide bonds. The maximum Gasteiger partial charge on any atom is 0.254 e. The summed E-state index contributed by atoms with van der Waals surface area (Å²) in [7, 11) is 1.65. The normalized spacial score (nSPS) is 13.3. The van der Waals surface area contributed by atoms with Gasteiger partial charge in [0.15, 0.2) is 0 Å². The molecule has 0 fully saturated rings. The summed E-state index contributed by atoms with van der Waals surface area (Å²) in [6, 6.07) is 7.97. The van der Waals surface area contributed by atoms with Crippen LogP contribution in [-0.2, 0) is 22.4 Å². The van der Waals surface area contributed by atoms with Crippen LogP contribution < -0.4 is 10.6 Å². The Morgan fingerprint density at radius 1 is 1.17 bits per heavy atom. The van der Waals surface area contributed by atoms with Crippen LogP contribution in [0.4, 0.5) is 5.00 Å². The first kappa shape index (κ1) is 21.3. The predicted octanol–water partition coefficient (Wildman–Crippen LogP) is 4.35. The van der Waals surface area contributed by atoms with Gasteiger partial charge in [0.2, 0.25) is 5.91 Å². The molecule has 1 aliphatic carbocycles. The molecule has 2 N–H and O–H groups in total. The Labute approximate surface area is 176 Å². The average molecular weight is 413 g/mol. The number of methoxy groups -OCH3 is 1. The molecule has 0 aliphatic heterocycles. The number of thiophene rings is 1. The molecule has 0 saturated carbocycles. The van der Waals surface area contributed by atoms with E-state index < -0.39 is 0 Å². The van der Waals surface area contributed by atoms with Crippen molar-refractivity contribution in [2.45, 2.75) is 39.0 Å². The number of nitrogens with one attached hydrogen (secondary N) is 2. The van der Waals surface area contributed by atoms with Gasteiger partial charge < -0.3 is 15.4 Å². The van der Waals surface area contributed by atoms with Crippen molar-refractivity contribution < 1.29 is 14.3 Å². The largest absolute Gasteiger partial charge is 0.385 e. The van der Waals surface area contributed by atoms with Gasteiger partial charge in [0, 0.05) is 31.2 Å². The third-order valence-corrected chi connectivity index (χ3v) is 6.16. The summed E-state index contributed by atoms with van der Waals surface area (Å²) in [5.41, 5.74) is 3.88. The number of carbonyl (C=O) groups is 2. The van der Waals surface area contributed by atoms with Gasteiger partial charge in [-0.2, -0.15) is 0 Å². The highest BCUT2D eigenvalue weighted by atomic mass is 32.1. The number of anilines is 1. The Kier molecular flexibility index (Phi) is 7.61. The molecule has 1 aromatic carbocycles. The van der Waals surface area contributed by atoms with Crippen LogP contribution in [0.2, 0.25) is 0 Å². The summed E-state index contributed by atoms with van der Waals surface area (Å²) in [5, 5.41) is 6.56. The summed E-state index contributed by atoms with van der Waals surface area (Å²) in [6.07, 6.45) is 8.13. The predicted molar refractivity (Wildman–Crippen MR) is 119 cm³/mol. The van der Waals surface area contributed by atoms with E-state index in [0.717, 1.165) is 43.2 Å². The lowest BCUT2D eigenvalue weighted by Gasteiger charge is -2.13. The number of aryl methyl sites for hydroxylation is 2. The molecule has 0 radical (unpaired) electrons. The molecule has 6 heteroatoms. The minimum Gasteiger partial charge on any atom is -0.385 e. The molecule has 0 unspecified atom stereocenters. The lowest BCUT2D eigenvalue weighted by Crippen LogP contribution is -2.27.